The summed E-state index contributed by atoms with van der Waals surface area (Å²) in [5.41, 5.74) is 2.97. The molecule has 3 heterocycles. The predicted molar refractivity (Wildman–Crippen MR) is 70.9 cm³/mol. The number of carbonyl (C=O) groups is 1. The molecule has 0 aromatic carbocycles. The molecule has 0 fully saturated rings. The number of carboxylic acids is 1. The molecule has 1 N–H and O–H groups in total. The van der Waals surface area contributed by atoms with Gasteiger partial charge in [0.05, 0.1) is 11.9 Å². The van der Waals surface area contributed by atoms with Crippen molar-refractivity contribution >= 4 is 23.4 Å². The van der Waals surface area contributed by atoms with Crippen molar-refractivity contribution in [3.8, 4) is 11.3 Å². The van der Waals surface area contributed by atoms with Gasteiger partial charge in [-0.2, -0.15) is 5.10 Å². The van der Waals surface area contributed by atoms with Gasteiger partial charge in [0.2, 0.25) is 0 Å². The van der Waals surface area contributed by atoms with E-state index in [0.29, 0.717) is 4.88 Å². The average molecular weight is 260 g/mol. The predicted octanol–water partition coefficient (Wildman–Crippen LogP) is 2.90. The SMILES string of the molecule is C=Cc1cnn2c1-c1cc(C(=O)O)sc1CCC2. The van der Waals surface area contributed by atoms with E-state index in [4.69, 9.17) is 5.11 Å². The Labute approximate surface area is 108 Å². The zero-order chi connectivity index (χ0) is 12.7. The third kappa shape index (κ3) is 1.59. The molecule has 0 bridgehead atoms. The van der Waals surface area contributed by atoms with Crippen molar-refractivity contribution in [1.82, 2.24) is 9.78 Å². The highest BCUT2D eigenvalue weighted by atomic mass is 32.1. The Kier molecular flexibility index (Phi) is 2.56. The van der Waals surface area contributed by atoms with Crippen molar-refractivity contribution in [3.63, 3.8) is 0 Å². The lowest BCUT2D eigenvalue weighted by molar-refractivity contribution is 0.0702. The summed E-state index contributed by atoms with van der Waals surface area (Å²) in [6, 6.07) is 1.76. The van der Waals surface area contributed by atoms with Crippen LogP contribution in [-0.2, 0) is 13.0 Å². The van der Waals surface area contributed by atoms with Gasteiger partial charge in [-0.1, -0.05) is 12.7 Å². The maximum Gasteiger partial charge on any atom is 0.345 e. The second-order valence-corrected chi connectivity index (χ2v) is 5.37. The van der Waals surface area contributed by atoms with Crippen LogP contribution in [0.1, 0.15) is 26.5 Å². The van der Waals surface area contributed by atoms with Crippen LogP contribution in [0.15, 0.2) is 18.8 Å². The molecule has 0 atom stereocenters. The van der Waals surface area contributed by atoms with Crippen molar-refractivity contribution in [2.45, 2.75) is 19.4 Å². The number of rotatable bonds is 2. The zero-order valence-corrected chi connectivity index (χ0v) is 10.5. The Morgan fingerprint density at radius 3 is 3.17 bits per heavy atom. The molecule has 1 aliphatic heterocycles. The first-order valence-corrected chi connectivity index (χ1v) is 6.57. The van der Waals surface area contributed by atoms with Crippen molar-refractivity contribution < 1.29 is 9.90 Å². The first-order chi connectivity index (χ1) is 8.70. The Bertz CT molecular complexity index is 639. The normalized spacial score (nSPS) is 13.6. The van der Waals surface area contributed by atoms with Gasteiger partial charge in [0, 0.05) is 22.5 Å². The summed E-state index contributed by atoms with van der Waals surface area (Å²) in [4.78, 5) is 12.6. The number of carboxylic acid groups (broad SMARTS) is 1. The molecular formula is C13H12N2O2S. The quantitative estimate of drug-likeness (QED) is 0.903. The van der Waals surface area contributed by atoms with Gasteiger partial charge in [0.15, 0.2) is 0 Å². The van der Waals surface area contributed by atoms with E-state index in [9.17, 15) is 4.79 Å². The van der Waals surface area contributed by atoms with Crippen LogP contribution in [0.4, 0.5) is 0 Å². The Morgan fingerprint density at radius 1 is 1.61 bits per heavy atom. The van der Waals surface area contributed by atoms with Crippen LogP contribution in [0.2, 0.25) is 0 Å². The first kappa shape index (κ1) is 11.2. The summed E-state index contributed by atoms with van der Waals surface area (Å²) in [5, 5.41) is 13.4. The lowest BCUT2D eigenvalue weighted by Crippen LogP contribution is -2.00. The Morgan fingerprint density at radius 2 is 2.44 bits per heavy atom. The van der Waals surface area contributed by atoms with Crippen molar-refractivity contribution in [2.24, 2.45) is 0 Å². The third-order valence-corrected chi connectivity index (χ3v) is 4.32. The topological polar surface area (TPSA) is 55.1 Å². The van der Waals surface area contributed by atoms with E-state index < -0.39 is 5.97 Å². The highest BCUT2D eigenvalue weighted by Gasteiger charge is 2.22. The molecule has 2 aromatic rings. The summed E-state index contributed by atoms with van der Waals surface area (Å²) in [6.07, 6.45) is 5.45. The standard InChI is InChI=1S/C13H12N2O2S/c1-2-8-7-14-15-5-3-4-10-9(12(8)15)6-11(18-10)13(16)17/h2,6-7H,1,3-5H2,(H,16,17). The van der Waals surface area contributed by atoms with E-state index in [1.165, 1.54) is 11.3 Å². The van der Waals surface area contributed by atoms with Crippen LogP contribution in [0.25, 0.3) is 17.3 Å². The van der Waals surface area contributed by atoms with Gasteiger partial charge < -0.3 is 5.11 Å². The van der Waals surface area contributed by atoms with E-state index in [0.717, 1.165) is 41.1 Å². The maximum absolute atomic E-state index is 11.1. The number of aromatic nitrogens is 2. The fourth-order valence-corrected chi connectivity index (χ4v) is 3.36. The molecule has 4 nitrogen and oxygen atoms in total. The van der Waals surface area contributed by atoms with Crippen LogP contribution in [0.5, 0.6) is 0 Å². The minimum Gasteiger partial charge on any atom is -0.477 e. The summed E-state index contributed by atoms with van der Waals surface area (Å²) in [6.45, 7) is 4.66. The van der Waals surface area contributed by atoms with Gasteiger partial charge in [-0.15, -0.1) is 11.3 Å². The second kappa shape index (κ2) is 4.10. The van der Waals surface area contributed by atoms with Crippen LogP contribution in [0, 0.1) is 0 Å². The summed E-state index contributed by atoms with van der Waals surface area (Å²) in [7, 11) is 0. The number of nitrogens with zero attached hydrogens (tertiary/aromatic N) is 2. The van der Waals surface area contributed by atoms with E-state index in [1.807, 2.05) is 4.68 Å². The summed E-state index contributed by atoms with van der Waals surface area (Å²) >= 11 is 1.37. The number of aromatic carboxylic acids is 1. The lowest BCUT2D eigenvalue weighted by atomic mass is 10.1. The molecule has 0 aliphatic carbocycles. The Hall–Kier alpha value is -1.88. The molecule has 0 unspecified atom stereocenters. The van der Waals surface area contributed by atoms with Gasteiger partial charge in [0.25, 0.3) is 0 Å². The molecular weight excluding hydrogens is 248 g/mol. The third-order valence-electron chi connectivity index (χ3n) is 3.14. The minimum absolute atomic E-state index is 0.393. The minimum atomic E-state index is -0.862. The monoisotopic (exact) mass is 260 g/mol. The molecule has 0 saturated carbocycles. The molecule has 0 saturated heterocycles. The van der Waals surface area contributed by atoms with Gasteiger partial charge >= 0.3 is 5.97 Å². The molecule has 18 heavy (non-hydrogen) atoms. The smallest absolute Gasteiger partial charge is 0.345 e. The maximum atomic E-state index is 11.1. The number of hydrogen-bond acceptors (Lipinski definition) is 3. The van der Waals surface area contributed by atoms with E-state index in [1.54, 1.807) is 18.3 Å². The van der Waals surface area contributed by atoms with Crippen LogP contribution in [-0.4, -0.2) is 20.9 Å². The fourth-order valence-electron chi connectivity index (χ4n) is 2.32. The van der Waals surface area contributed by atoms with Crippen molar-refractivity contribution in [3.05, 3.63) is 34.2 Å². The molecule has 0 amide bonds. The van der Waals surface area contributed by atoms with Crippen molar-refractivity contribution in [2.75, 3.05) is 0 Å². The molecule has 92 valence electrons. The molecule has 1 aliphatic rings. The largest absolute Gasteiger partial charge is 0.477 e. The number of fused-ring (bicyclic) bond motifs is 3. The zero-order valence-electron chi connectivity index (χ0n) is 9.72. The van der Waals surface area contributed by atoms with Crippen molar-refractivity contribution in [1.29, 1.82) is 0 Å². The van der Waals surface area contributed by atoms with Gasteiger partial charge in [-0.3, -0.25) is 4.68 Å². The van der Waals surface area contributed by atoms with E-state index >= 15 is 0 Å². The van der Waals surface area contributed by atoms with Gasteiger partial charge in [-0.05, 0) is 18.9 Å². The molecule has 2 aromatic heterocycles. The summed E-state index contributed by atoms with van der Waals surface area (Å²) in [5.74, 6) is -0.862. The molecule has 0 spiro atoms. The molecule has 3 rings (SSSR count). The fraction of sp³-hybridized carbons (Fsp3) is 0.231. The average Bonchev–Trinajstić information content (AvgIpc) is 2.90. The lowest BCUT2D eigenvalue weighted by Gasteiger charge is -2.03. The number of aryl methyl sites for hydroxylation is 2. The van der Waals surface area contributed by atoms with Gasteiger partial charge in [0.1, 0.15) is 4.88 Å². The molecule has 0 radical (unpaired) electrons. The van der Waals surface area contributed by atoms with Crippen LogP contribution < -0.4 is 0 Å². The molecule has 5 heteroatoms. The first-order valence-electron chi connectivity index (χ1n) is 5.75. The van der Waals surface area contributed by atoms with Crippen LogP contribution >= 0.6 is 11.3 Å². The second-order valence-electron chi connectivity index (χ2n) is 4.23. The van der Waals surface area contributed by atoms with E-state index in [2.05, 4.69) is 11.7 Å². The summed E-state index contributed by atoms with van der Waals surface area (Å²) < 4.78 is 1.95. The van der Waals surface area contributed by atoms with Gasteiger partial charge in [-0.25, -0.2) is 4.79 Å². The number of thiophene rings is 1. The number of hydrogen-bond donors (Lipinski definition) is 1. The Balaban J connectivity index is 2.25. The van der Waals surface area contributed by atoms with E-state index in [-0.39, 0.29) is 0 Å². The highest BCUT2D eigenvalue weighted by Crippen LogP contribution is 2.37. The highest BCUT2D eigenvalue weighted by molar-refractivity contribution is 7.14. The van der Waals surface area contributed by atoms with Crippen LogP contribution in [0.3, 0.4) is 0 Å².